The van der Waals surface area contributed by atoms with Crippen molar-refractivity contribution in [3.63, 3.8) is 0 Å². The molecule has 1 N–H and O–H groups in total. The average Bonchev–Trinajstić information content (AvgIpc) is 2.91. The van der Waals surface area contributed by atoms with E-state index in [0.717, 1.165) is 12.5 Å². The van der Waals surface area contributed by atoms with Gasteiger partial charge in [0, 0.05) is 24.2 Å². The van der Waals surface area contributed by atoms with Gasteiger partial charge < -0.3 is 14.8 Å². The van der Waals surface area contributed by atoms with Crippen molar-refractivity contribution in [3.05, 3.63) is 54.4 Å². The lowest BCUT2D eigenvalue weighted by atomic mass is 10.3. The third-order valence-corrected chi connectivity index (χ3v) is 3.61. The highest BCUT2D eigenvalue weighted by Crippen LogP contribution is 2.32. The van der Waals surface area contributed by atoms with E-state index in [0.29, 0.717) is 36.3 Å². The number of hydrogen-bond acceptors (Lipinski definition) is 5. The van der Waals surface area contributed by atoms with Gasteiger partial charge in [-0.25, -0.2) is 13.5 Å². The highest BCUT2D eigenvalue weighted by atomic mass is 19.1. The van der Waals surface area contributed by atoms with Gasteiger partial charge in [0.05, 0.1) is 18.9 Å². The molecule has 0 spiro atoms. The van der Waals surface area contributed by atoms with Crippen LogP contribution in [0.1, 0.15) is 6.42 Å². The van der Waals surface area contributed by atoms with Gasteiger partial charge >= 0.3 is 0 Å². The molecule has 8 heteroatoms. The molecule has 0 saturated carbocycles. The fourth-order valence-corrected chi connectivity index (χ4v) is 2.49. The van der Waals surface area contributed by atoms with Crippen molar-refractivity contribution in [1.29, 1.82) is 0 Å². The SMILES string of the molecule is Fc1cc(F)cc(-n2cnc(Nc3ccc4c(c3)OCCCO4)n2)c1. The van der Waals surface area contributed by atoms with Crippen LogP contribution in [-0.4, -0.2) is 28.0 Å². The second-order valence-corrected chi connectivity index (χ2v) is 5.48. The Morgan fingerprint density at radius 1 is 0.960 bits per heavy atom. The topological polar surface area (TPSA) is 61.2 Å². The zero-order valence-corrected chi connectivity index (χ0v) is 13.1. The molecule has 6 nitrogen and oxygen atoms in total. The first kappa shape index (κ1) is 15.4. The molecule has 1 aliphatic rings. The van der Waals surface area contributed by atoms with Crippen LogP contribution in [0.25, 0.3) is 5.69 Å². The van der Waals surface area contributed by atoms with Gasteiger partial charge in [0.25, 0.3) is 0 Å². The second-order valence-electron chi connectivity index (χ2n) is 5.48. The van der Waals surface area contributed by atoms with E-state index in [-0.39, 0.29) is 5.69 Å². The van der Waals surface area contributed by atoms with Crippen LogP contribution in [0.15, 0.2) is 42.7 Å². The minimum Gasteiger partial charge on any atom is -0.490 e. The second kappa shape index (κ2) is 6.39. The summed E-state index contributed by atoms with van der Waals surface area (Å²) in [4.78, 5) is 4.10. The smallest absolute Gasteiger partial charge is 0.246 e. The number of aromatic nitrogens is 3. The summed E-state index contributed by atoms with van der Waals surface area (Å²) >= 11 is 0. The molecule has 0 saturated heterocycles. The molecule has 25 heavy (non-hydrogen) atoms. The van der Waals surface area contributed by atoms with Gasteiger partial charge in [0.2, 0.25) is 5.95 Å². The zero-order valence-electron chi connectivity index (χ0n) is 13.1. The molecule has 0 atom stereocenters. The monoisotopic (exact) mass is 344 g/mol. The Morgan fingerprint density at radius 3 is 2.52 bits per heavy atom. The number of benzene rings is 2. The fraction of sp³-hybridized carbons (Fsp3) is 0.176. The molecule has 1 aliphatic heterocycles. The minimum absolute atomic E-state index is 0.247. The molecule has 0 unspecified atom stereocenters. The third-order valence-electron chi connectivity index (χ3n) is 3.61. The standard InChI is InChI=1S/C17H14F2N4O2/c18-11-6-12(19)8-14(7-11)23-10-20-17(22-23)21-13-2-3-15-16(9-13)25-5-1-4-24-15/h2-3,6-10H,1,4-5H2,(H,21,22). The van der Waals surface area contributed by atoms with Crippen molar-refractivity contribution < 1.29 is 18.3 Å². The number of anilines is 2. The summed E-state index contributed by atoms with van der Waals surface area (Å²) in [6, 6.07) is 8.57. The first-order valence-electron chi connectivity index (χ1n) is 7.72. The van der Waals surface area contributed by atoms with E-state index in [4.69, 9.17) is 9.47 Å². The lowest BCUT2D eigenvalue weighted by Gasteiger charge is -2.09. The molecule has 0 fully saturated rings. The number of rotatable bonds is 3. The van der Waals surface area contributed by atoms with Gasteiger partial charge in [-0.3, -0.25) is 0 Å². The largest absolute Gasteiger partial charge is 0.490 e. The van der Waals surface area contributed by atoms with Gasteiger partial charge in [-0.1, -0.05) is 0 Å². The summed E-state index contributed by atoms with van der Waals surface area (Å²) < 4.78 is 39.1. The van der Waals surface area contributed by atoms with Gasteiger partial charge in [-0.2, -0.15) is 4.98 Å². The summed E-state index contributed by atoms with van der Waals surface area (Å²) in [5, 5.41) is 7.21. The van der Waals surface area contributed by atoms with Crippen LogP contribution in [0.3, 0.4) is 0 Å². The normalized spacial score (nSPS) is 13.4. The molecule has 3 aromatic rings. The minimum atomic E-state index is -0.678. The van der Waals surface area contributed by atoms with Gasteiger partial charge in [0.1, 0.15) is 18.0 Å². The number of nitrogens with one attached hydrogen (secondary N) is 1. The summed E-state index contributed by atoms with van der Waals surface area (Å²) in [6.45, 7) is 1.21. The average molecular weight is 344 g/mol. The number of nitrogens with zero attached hydrogens (tertiary/aromatic N) is 3. The third kappa shape index (κ3) is 3.37. The summed E-state index contributed by atoms with van der Waals surface area (Å²) in [6.07, 6.45) is 2.20. The molecule has 0 aliphatic carbocycles. The molecule has 128 valence electrons. The van der Waals surface area contributed by atoms with Crippen molar-refractivity contribution in [3.8, 4) is 17.2 Å². The Bertz CT molecular complexity index is 893. The number of halogens is 2. The summed E-state index contributed by atoms with van der Waals surface area (Å²) in [5.41, 5.74) is 0.962. The van der Waals surface area contributed by atoms with Crippen molar-refractivity contribution in [2.24, 2.45) is 0 Å². The van der Waals surface area contributed by atoms with Crippen molar-refractivity contribution in [2.45, 2.75) is 6.42 Å². The van der Waals surface area contributed by atoms with E-state index in [1.165, 1.54) is 23.1 Å². The summed E-state index contributed by atoms with van der Waals surface area (Å²) in [5.74, 6) is 0.274. The van der Waals surface area contributed by atoms with Gasteiger partial charge in [-0.15, -0.1) is 5.10 Å². The summed E-state index contributed by atoms with van der Waals surface area (Å²) in [7, 11) is 0. The van der Waals surface area contributed by atoms with Crippen molar-refractivity contribution >= 4 is 11.6 Å². The Kier molecular flexibility index (Phi) is 3.93. The molecule has 0 radical (unpaired) electrons. The van der Waals surface area contributed by atoms with Crippen LogP contribution in [0, 0.1) is 11.6 Å². The molecule has 1 aromatic heterocycles. The van der Waals surface area contributed by atoms with Crippen molar-refractivity contribution in [2.75, 3.05) is 18.5 Å². The molecule has 2 heterocycles. The Balaban J connectivity index is 1.56. The number of ether oxygens (including phenoxy) is 2. The lowest BCUT2D eigenvalue weighted by Crippen LogP contribution is -1.99. The molecule has 0 amide bonds. The van der Waals surface area contributed by atoms with E-state index >= 15 is 0 Å². The van der Waals surface area contributed by atoms with Crippen LogP contribution in [0.2, 0.25) is 0 Å². The molecular weight excluding hydrogens is 330 g/mol. The molecular formula is C17H14F2N4O2. The van der Waals surface area contributed by atoms with E-state index < -0.39 is 11.6 Å². The van der Waals surface area contributed by atoms with E-state index in [1.54, 1.807) is 6.07 Å². The lowest BCUT2D eigenvalue weighted by molar-refractivity contribution is 0.297. The number of fused-ring (bicyclic) bond motifs is 1. The maximum absolute atomic E-state index is 13.3. The quantitative estimate of drug-likeness (QED) is 0.788. The van der Waals surface area contributed by atoms with Crippen LogP contribution in [0.4, 0.5) is 20.4 Å². The molecule has 0 bridgehead atoms. The Hall–Kier alpha value is -3.16. The van der Waals surface area contributed by atoms with E-state index in [9.17, 15) is 8.78 Å². The first-order valence-corrected chi connectivity index (χ1v) is 7.72. The fourth-order valence-electron chi connectivity index (χ4n) is 2.49. The number of hydrogen-bond donors (Lipinski definition) is 1. The van der Waals surface area contributed by atoms with E-state index in [1.807, 2.05) is 12.1 Å². The predicted octanol–water partition coefficient (Wildman–Crippen LogP) is 3.45. The van der Waals surface area contributed by atoms with Crippen LogP contribution >= 0.6 is 0 Å². The predicted molar refractivity (Wildman–Crippen MR) is 86.6 cm³/mol. The molecule has 2 aromatic carbocycles. The molecule has 4 rings (SSSR count). The van der Waals surface area contributed by atoms with Crippen LogP contribution < -0.4 is 14.8 Å². The maximum Gasteiger partial charge on any atom is 0.246 e. The zero-order chi connectivity index (χ0) is 17.2. The maximum atomic E-state index is 13.3. The van der Waals surface area contributed by atoms with Crippen LogP contribution in [0.5, 0.6) is 11.5 Å². The Morgan fingerprint density at radius 2 is 1.72 bits per heavy atom. The van der Waals surface area contributed by atoms with Crippen molar-refractivity contribution in [1.82, 2.24) is 14.8 Å². The first-order chi connectivity index (χ1) is 12.2. The Labute approximate surface area is 142 Å². The van der Waals surface area contributed by atoms with E-state index in [2.05, 4.69) is 15.4 Å². The highest BCUT2D eigenvalue weighted by Gasteiger charge is 2.12. The highest BCUT2D eigenvalue weighted by molar-refractivity contribution is 5.59. The van der Waals surface area contributed by atoms with Crippen LogP contribution in [-0.2, 0) is 0 Å². The van der Waals surface area contributed by atoms with Gasteiger partial charge in [-0.05, 0) is 24.3 Å². The van der Waals surface area contributed by atoms with Gasteiger partial charge in [0.15, 0.2) is 11.5 Å².